The van der Waals surface area contributed by atoms with Crippen LogP contribution in [0.25, 0.3) is 0 Å². The van der Waals surface area contributed by atoms with Crippen LogP contribution in [0.2, 0.25) is 0 Å². The maximum absolute atomic E-state index is 11.5. The highest BCUT2D eigenvalue weighted by atomic mass is 16.6. The first-order valence-electron chi connectivity index (χ1n) is 4.78. The van der Waals surface area contributed by atoms with Crippen molar-refractivity contribution in [2.24, 2.45) is 0 Å². The number of ether oxygens (including phenoxy) is 1. The SMILES string of the molecule is COC(=O)c1cc(C#CC#N)cc([N+](=O)[O-])c1C. The Morgan fingerprint density at radius 3 is 2.67 bits per heavy atom. The number of nitro benzene ring substituents is 1. The van der Waals surface area contributed by atoms with Gasteiger partial charge >= 0.3 is 5.97 Å². The summed E-state index contributed by atoms with van der Waals surface area (Å²) in [5.41, 5.74) is 0.248. The Morgan fingerprint density at radius 1 is 1.50 bits per heavy atom. The third-order valence-corrected chi connectivity index (χ3v) is 2.25. The first-order valence-corrected chi connectivity index (χ1v) is 4.78. The summed E-state index contributed by atoms with van der Waals surface area (Å²) in [4.78, 5) is 21.7. The number of benzene rings is 1. The van der Waals surface area contributed by atoms with E-state index in [9.17, 15) is 14.9 Å². The third kappa shape index (κ3) is 2.63. The van der Waals surface area contributed by atoms with Crippen molar-refractivity contribution < 1.29 is 14.5 Å². The second kappa shape index (κ2) is 5.46. The largest absolute Gasteiger partial charge is 0.465 e. The number of hydrogen-bond donors (Lipinski definition) is 0. The molecular formula is C12H8N2O4. The number of rotatable bonds is 2. The zero-order valence-corrected chi connectivity index (χ0v) is 9.68. The molecule has 18 heavy (non-hydrogen) atoms. The Balaban J connectivity index is 3.52. The van der Waals surface area contributed by atoms with Gasteiger partial charge in [0.05, 0.1) is 17.6 Å². The van der Waals surface area contributed by atoms with Crippen LogP contribution in [0.4, 0.5) is 5.69 Å². The molecule has 0 aliphatic heterocycles. The van der Waals surface area contributed by atoms with E-state index in [1.165, 1.54) is 26.2 Å². The van der Waals surface area contributed by atoms with Gasteiger partial charge in [-0.1, -0.05) is 5.92 Å². The van der Waals surface area contributed by atoms with Crippen molar-refractivity contribution in [1.29, 1.82) is 5.26 Å². The van der Waals surface area contributed by atoms with Gasteiger partial charge in [-0.3, -0.25) is 10.1 Å². The molecule has 0 aromatic heterocycles. The van der Waals surface area contributed by atoms with E-state index in [1.54, 1.807) is 6.07 Å². The van der Waals surface area contributed by atoms with Crippen molar-refractivity contribution in [3.8, 4) is 17.9 Å². The van der Waals surface area contributed by atoms with Crippen LogP contribution in [-0.2, 0) is 4.74 Å². The molecule has 0 amide bonds. The summed E-state index contributed by atoms with van der Waals surface area (Å²) in [6, 6.07) is 4.17. The first kappa shape index (κ1) is 13.2. The number of carbonyl (C=O) groups is 1. The van der Waals surface area contributed by atoms with Crippen molar-refractivity contribution in [3.63, 3.8) is 0 Å². The Kier molecular flexibility index (Phi) is 4.01. The van der Waals surface area contributed by atoms with Crippen molar-refractivity contribution >= 4 is 11.7 Å². The molecule has 0 heterocycles. The minimum Gasteiger partial charge on any atom is -0.465 e. The van der Waals surface area contributed by atoms with Gasteiger partial charge in [-0.05, 0) is 13.0 Å². The fourth-order valence-corrected chi connectivity index (χ4v) is 1.38. The average Bonchev–Trinajstić information content (AvgIpc) is 2.36. The molecule has 0 unspecified atom stereocenters. The van der Waals surface area contributed by atoms with E-state index < -0.39 is 10.9 Å². The molecule has 6 heteroatoms. The zero-order valence-electron chi connectivity index (χ0n) is 9.68. The van der Waals surface area contributed by atoms with E-state index in [0.717, 1.165) is 0 Å². The van der Waals surface area contributed by atoms with Crippen LogP contribution in [0.1, 0.15) is 21.5 Å². The third-order valence-electron chi connectivity index (χ3n) is 2.25. The molecule has 0 fully saturated rings. The maximum atomic E-state index is 11.5. The summed E-state index contributed by atoms with van der Waals surface area (Å²) >= 11 is 0. The topological polar surface area (TPSA) is 93.2 Å². The lowest BCUT2D eigenvalue weighted by Gasteiger charge is -2.05. The molecule has 1 aromatic rings. The maximum Gasteiger partial charge on any atom is 0.338 e. The summed E-state index contributed by atoms with van der Waals surface area (Å²) in [5.74, 6) is 3.84. The summed E-state index contributed by atoms with van der Waals surface area (Å²) in [6.45, 7) is 1.45. The van der Waals surface area contributed by atoms with Crippen molar-refractivity contribution in [3.05, 3.63) is 38.9 Å². The van der Waals surface area contributed by atoms with Crippen molar-refractivity contribution in [2.75, 3.05) is 7.11 Å². The van der Waals surface area contributed by atoms with Crippen molar-refractivity contribution in [1.82, 2.24) is 0 Å². The van der Waals surface area contributed by atoms with Gasteiger partial charge in [0.15, 0.2) is 6.07 Å². The molecule has 0 aliphatic carbocycles. The van der Waals surface area contributed by atoms with Gasteiger partial charge in [-0.25, -0.2) is 4.79 Å². The van der Waals surface area contributed by atoms with Crippen molar-refractivity contribution in [2.45, 2.75) is 6.92 Å². The lowest BCUT2D eigenvalue weighted by atomic mass is 10.0. The molecular weight excluding hydrogens is 236 g/mol. The molecule has 0 N–H and O–H groups in total. The van der Waals surface area contributed by atoms with Gasteiger partial charge in [0.25, 0.3) is 5.69 Å². The average molecular weight is 244 g/mol. The predicted octanol–water partition coefficient (Wildman–Crippen LogP) is 1.56. The number of carbonyl (C=O) groups excluding carboxylic acids is 1. The van der Waals surface area contributed by atoms with E-state index in [0.29, 0.717) is 0 Å². The molecule has 0 aliphatic rings. The number of hydrogen-bond acceptors (Lipinski definition) is 5. The fraction of sp³-hybridized carbons (Fsp3) is 0.167. The molecule has 0 atom stereocenters. The van der Waals surface area contributed by atoms with E-state index in [2.05, 4.69) is 16.6 Å². The van der Waals surface area contributed by atoms with Crippen LogP contribution in [0.5, 0.6) is 0 Å². The molecule has 0 radical (unpaired) electrons. The van der Waals surface area contributed by atoms with Crippen LogP contribution >= 0.6 is 0 Å². The highest BCUT2D eigenvalue weighted by Gasteiger charge is 2.20. The summed E-state index contributed by atoms with van der Waals surface area (Å²) in [7, 11) is 1.18. The van der Waals surface area contributed by atoms with Gasteiger partial charge in [-0.15, -0.1) is 0 Å². The van der Waals surface area contributed by atoms with Crippen LogP contribution in [0.15, 0.2) is 12.1 Å². The predicted molar refractivity (Wildman–Crippen MR) is 61.7 cm³/mol. The number of nitriles is 1. The lowest BCUT2D eigenvalue weighted by molar-refractivity contribution is -0.385. The Morgan fingerprint density at radius 2 is 2.17 bits per heavy atom. The molecule has 1 rings (SSSR count). The van der Waals surface area contributed by atoms with Gasteiger partial charge in [-0.2, -0.15) is 5.26 Å². The normalized spacial score (nSPS) is 8.72. The second-order valence-electron chi connectivity index (χ2n) is 3.28. The van der Waals surface area contributed by atoms with E-state index >= 15 is 0 Å². The minimum atomic E-state index is -0.684. The molecule has 6 nitrogen and oxygen atoms in total. The number of methoxy groups -OCH3 is 1. The summed E-state index contributed by atoms with van der Waals surface area (Å²) in [6.07, 6.45) is 0. The molecule has 90 valence electrons. The molecule has 0 spiro atoms. The Labute approximate surface area is 103 Å². The summed E-state index contributed by atoms with van der Waals surface area (Å²) in [5, 5.41) is 19.2. The highest BCUT2D eigenvalue weighted by molar-refractivity contribution is 5.92. The second-order valence-corrected chi connectivity index (χ2v) is 3.28. The van der Waals surface area contributed by atoms with E-state index in [4.69, 9.17) is 5.26 Å². The number of nitrogens with zero attached hydrogens (tertiary/aromatic N) is 2. The Hall–Kier alpha value is -2.86. The molecule has 0 saturated heterocycles. The van der Waals surface area contributed by atoms with E-state index in [1.807, 2.05) is 0 Å². The van der Waals surface area contributed by atoms with Gasteiger partial charge < -0.3 is 4.74 Å². The first-order chi connectivity index (χ1) is 8.51. The van der Waals surface area contributed by atoms with E-state index in [-0.39, 0.29) is 22.4 Å². The standard InChI is InChI=1S/C12H8N2O4/c1-8-10(12(15)18-2)6-9(4-3-5-13)7-11(8)14(16)17/h6-7H,1-2H3. The number of nitro groups is 1. The minimum absolute atomic E-state index is 0.0638. The molecule has 0 saturated carbocycles. The monoisotopic (exact) mass is 244 g/mol. The fourth-order valence-electron chi connectivity index (χ4n) is 1.38. The quantitative estimate of drug-likeness (QED) is 0.340. The van der Waals surface area contributed by atoms with Crippen LogP contribution in [-0.4, -0.2) is 18.0 Å². The van der Waals surface area contributed by atoms with Gasteiger partial charge in [0.2, 0.25) is 0 Å². The molecule has 0 bridgehead atoms. The lowest BCUT2D eigenvalue weighted by Crippen LogP contribution is -2.06. The van der Waals surface area contributed by atoms with Crippen LogP contribution < -0.4 is 0 Å². The van der Waals surface area contributed by atoms with Gasteiger partial charge in [0, 0.05) is 23.1 Å². The number of esters is 1. The molecule has 1 aromatic carbocycles. The zero-order chi connectivity index (χ0) is 13.7. The summed E-state index contributed by atoms with van der Waals surface area (Å²) < 4.78 is 4.54. The highest BCUT2D eigenvalue weighted by Crippen LogP contribution is 2.24. The van der Waals surface area contributed by atoms with Crippen LogP contribution in [0.3, 0.4) is 0 Å². The smallest absolute Gasteiger partial charge is 0.338 e. The van der Waals surface area contributed by atoms with Crippen LogP contribution in [0, 0.1) is 40.2 Å². The van der Waals surface area contributed by atoms with Gasteiger partial charge in [0.1, 0.15) is 0 Å². The Bertz CT molecular complexity index is 617.